The maximum Gasteiger partial charge on any atom is 0.356 e. The largest absolute Gasteiger partial charge is 0.464 e. The molecule has 8 heteroatoms. The van der Waals surface area contributed by atoms with Crippen LogP contribution in [0.1, 0.15) is 10.5 Å². The van der Waals surface area contributed by atoms with Gasteiger partial charge in [-0.05, 0) is 30.3 Å². The summed E-state index contributed by atoms with van der Waals surface area (Å²) in [5.74, 6) is -0.566. The summed E-state index contributed by atoms with van der Waals surface area (Å²) in [6.07, 6.45) is 0. The number of halogens is 1. The molecule has 0 aliphatic rings. The van der Waals surface area contributed by atoms with Crippen molar-refractivity contribution in [1.82, 2.24) is 9.97 Å². The number of hydrogen-bond donors (Lipinski definition) is 1. The van der Waals surface area contributed by atoms with Gasteiger partial charge in [0.15, 0.2) is 0 Å². The lowest BCUT2D eigenvalue weighted by Gasteiger charge is -2.06. The molecule has 2 heterocycles. The van der Waals surface area contributed by atoms with E-state index in [1.807, 2.05) is 6.07 Å². The van der Waals surface area contributed by atoms with Gasteiger partial charge >= 0.3 is 5.97 Å². The number of fused-ring (bicyclic) bond motifs is 3. The predicted octanol–water partition coefficient (Wildman–Crippen LogP) is 4.73. The zero-order chi connectivity index (χ0) is 19.1. The Morgan fingerprint density at radius 1 is 1.15 bits per heavy atom. The second-order valence-corrected chi connectivity index (χ2v) is 6.33. The smallest absolute Gasteiger partial charge is 0.356 e. The summed E-state index contributed by atoms with van der Waals surface area (Å²) < 4.78 is 4.81. The van der Waals surface area contributed by atoms with Crippen LogP contribution < -0.4 is 0 Å². The first-order valence-corrected chi connectivity index (χ1v) is 8.31. The molecule has 0 amide bonds. The highest BCUT2D eigenvalue weighted by Gasteiger charge is 2.18. The van der Waals surface area contributed by atoms with Crippen LogP contribution in [0, 0.1) is 10.1 Å². The van der Waals surface area contributed by atoms with E-state index in [1.165, 1.54) is 19.2 Å². The van der Waals surface area contributed by atoms with Crippen molar-refractivity contribution in [1.29, 1.82) is 0 Å². The fraction of sp³-hybridized carbons (Fsp3) is 0.0526. The molecule has 4 aromatic rings. The van der Waals surface area contributed by atoms with E-state index in [0.29, 0.717) is 21.8 Å². The number of benzene rings is 2. The van der Waals surface area contributed by atoms with E-state index in [2.05, 4.69) is 9.97 Å². The number of aromatic amines is 1. The van der Waals surface area contributed by atoms with Gasteiger partial charge < -0.3 is 9.72 Å². The van der Waals surface area contributed by atoms with Gasteiger partial charge in [0, 0.05) is 39.0 Å². The number of pyridine rings is 1. The van der Waals surface area contributed by atoms with Gasteiger partial charge in [-0.25, -0.2) is 9.78 Å². The molecule has 0 saturated carbocycles. The molecule has 0 spiro atoms. The van der Waals surface area contributed by atoms with E-state index in [9.17, 15) is 14.9 Å². The van der Waals surface area contributed by atoms with Crippen LogP contribution in [0.25, 0.3) is 33.1 Å². The van der Waals surface area contributed by atoms with Gasteiger partial charge in [-0.1, -0.05) is 17.7 Å². The average molecular weight is 382 g/mol. The third-order valence-electron chi connectivity index (χ3n) is 4.30. The average Bonchev–Trinajstić information content (AvgIpc) is 3.04. The molecule has 0 unspecified atom stereocenters. The molecule has 1 N–H and O–H groups in total. The van der Waals surface area contributed by atoms with Crippen LogP contribution in [-0.2, 0) is 4.74 Å². The summed E-state index contributed by atoms with van der Waals surface area (Å²) in [5.41, 5.74) is 2.75. The summed E-state index contributed by atoms with van der Waals surface area (Å²) in [4.78, 5) is 30.2. The monoisotopic (exact) mass is 381 g/mol. The predicted molar refractivity (Wildman–Crippen MR) is 102 cm³/mol. The standard InChI is InChI=1S/C19H12ClN3O4/c1-27-19(24)16-9-14-13-7-4-11(20)8-15(13)21-18(14)17(22-16)10-2-5-12(6-3-10)23(25)26/h2-9,21H,1H3. The normalized spacial score (nSPS) is 11.0. The fourth-order valence-corrected chi connectivity index (χ4v) is 3.20. The summed E-state index contributed by atoms with van der Waals surface area (Å²) in [5, 5.41) is 13.1. The van der Waals surface area contributed by atoms with Gasteiger partial charge in [0.1, 0.15) is 5.69 Å². The fourth-order valence-electron chi connectivity index (χ4n) is 3.03. The van der Waals surface area contributed by atoms with Crippen LogP contribution in [-0.4, -0.2) is 28.0 Å². The highest BCUT2D eigenvalue weighted by molar-refractivity contribution is 6.31. The topological polar surface area (TPSA) is 98.1 Å². The summed E-state index contributed by atoms with van der Waals surface area (Å²) in [7, 11) is 1.29. The van der Waals surface area contributed by atoms with E-state index in [1.54, 1.807) is 30.3 Å². The number of non-ortho nitro benzene ring substituents is 1. The number of methoxy groups -OCH3 is 1. The lowest BCUT2D eigenvalue weighted by molar-refractivity contribution is -0.384. The number of hydrogen-bond acceptors (Lipinski definition) is 5. The van der Waals surface area contributed by atoms with Crippen molar-refractivity contribution < 1.29 is 14.5 Å². The summed E-state index contributed by atoms with van der Waals surface area (Å²) in [6, 6.07) is 13.1. The number of rotatable bonds is 3. The molecule has 0 atom stereocenters. The Bertz CT molecular complexity index is 1220. The second kappa shape index (κ2) is 6.37. The first-order chi connectivity index (χ1) is 13.0. The van der Waals surface area contributed by atoms with Gasteiger partial charge in [-0.3, -0.25) is 10.1 Å². The van der Waals surface area contributed by atoms with Gasteiger partial charge in [-0.15, -0.1) is 0 Å². The molecular weight excluding hydrogens is 370 g/mol. The Balaban J connectivity index is 2.03. The minimum absolute atomic E-state index is 0.0254. The Kier molecular flexibility index (Phi) is 4.01. The number of carbonyl (C=O) groups is 1. The summed E-state index contributed by atoms with van der Waals surface area (Å²) in [6.45, 7) is 0. The third kappa shape index (κ3) is 2.88. The Labute approximate surface area is 157 Å². The van der Waals surface area contributed by atoms with Crippen molar-refractivity contribution in [2.75, 3.05) is 7.11 Å². The van der Waals surface area contributed by atoms with Crippen molar-refractivity contribution in [2.45, 2.75) is 0 Å². The van der Waals surface area contributed by atoms with E-state index in [4.69, 9.17) is 16.3 Å². The van der Waals surface area contributed by atoms with Crippen LogP contribution in [0.2, 0.25) is 5.02 Å². The Morgan fingerprint density at radius 3 is 2.56 bits per heavy atom. The number of nitro benzene ring substituents is 1. The van der Waals surface area contributed by atoms with Crippen molar-refractivity contribution in [3.8, 4) is 11.3 Å². The molecule has 2 aromatic heterocycles. The molecule has 7 nitrogen and oxygen atoms in total. The number of ether oxygens (including phenoxy) is 1. The van der Waals surface area contributed by atoms with Crippen LogP contribution in [0.3, 0.4) is 0 Å². The lowest BCUT2D eigenvalue weighted by Crippen LogP contribution is -2.05. The number of nitrogens with zero attached hydrogens (tertiary/aromatic N) is 2. The van der Waals surface area contributed by atoms with Crippen LogP contribution in [0.15, 0.2) is 48.5 Å². The van der Waals surface area contributed by atoms with Gasteiger partial charge in [0.25, 0.3) is 5.69 Å². The third-order valence-corrected chi connectivity index (χ3v) is 4.53. The molecule has 0 saturated heterocycles. The van der Waals surface area contributed by atoms with E-state index < -0.39 is 10.9 Å². The van der Waals surface area contributed by atoms with Gasteiger partial charge in [0.2, 0.25) is 0 Å². The highest BCUT2D eigenvalue weighted by Crippen LogP contribution is 2.34. The lowest BCUT2D eigenvalue weighted by atomic mass is 10.1. The van der Waals surface area contributed by atoms with Crippen molar-refractivity contribution in [2.24, 2.45) is 0 Å². The molecule has 0 aliphatic heterocycles. The number of carbonyl (C=O) groups excluding carboxylic acids is 1. The molecule has 4 rings (SSSR count). The summed E-state index contributed by atoms with van der Waals surface area (Å²) >= 11 is 6.08. The molecule has 0 bridgehead atoms. The first-order valence-electron chi connectivity index (χ1n) is 7.93. The molecular formula is C19H12ClN3O4. The van der Waals surface area contributed by atoms with Crippen LogP contribution in [0.4, 0.5) is 5.69 Å². The molecule has 27 heavy (non-hydrogen) atoms. The second-order valence-electron chi connectivity index (χ2n) is 5.89. The Hall–Kier alpha value is -3.45. The van der Waals surface area contributed by atoms with E-state index >= 15 is 0 Å². The first kappa shape index (κ1) is 17.0. The SMILES string of the molecule is COC(=O)c1cc2c([nH]c3cc(Cl)ccc32)c(-c2ccc([N+](=O)[O-])cc2)n1. The Morgan fingerprint density at radius 2 is 1.89 bits per heavy atom. The van der Waals surface area contributed by atoms with Crippen molar-refractivity contribution >= 4 is 45.1 Å². The molecule has 0 aliphatic carbocycles. The van der Waals surface area contributed by atoms with Crippen molar-refractivity contribution in [3.63, 3.8) is 0 Å². The van der Waals surface area contributed by atoms with Gasteiger partial charge in [0.05, 0.1) is 23.2 Å². The zero-order valence-corrected chi connectivity index (χ0v) is 14.8. The minimum Gasteiger partial charge on any atom is -0.464 e. The van der Waals surface area contributed by atoms with Gasteiger partial charge in [-0.2, -0.15) is 0 Å². The molecule has 2 aromatic carbocycles. The van der Waals surface area contributed by atoms with E-state index in [-0.39, 0.29) is 11.4 Å². The van der Waals surface area contributed by atoms with Crippen LogP contribution in [0.5, 0.6) is 0 Å². The maximum atomic E-state index is 12.1. The zero-order valence-electron chi connectivity index (χ0n) is 14.0. The quantitative estimate of drug-likeness (QED) is 0.314. The maximum absolute atomic E-state index is 12.1. The highest BCUT2D eigenvalue weighted by atomic mass is 35.5. The molecule has 134 valence electrons. The van der Waals surface area contributed by atoms with E-state index in [0.717, 1.165) is 16.3 Å². The number of nitro groups is 1. The molecule has 0 radical (unpaired) electrons. The minimum atomic E-state index is -0.566. The van der Waals surface area contributed by atoms with Crippen LogP contribution >= 0.6 is 11.6 Å². The number of H-pyrrole nitrogens is 1. The molecule has 0 fully saturated rings. The number of aromatic nitrogens is 2. The number of nitrogens with one attached hydrogen (secondary N) is 1. The number of esters is 1. The van der Waals surface area contributed by atoms with Crippen molar-refractivity contribution in [3.05, 3.63) is 69.4 Å².